The molecule has 0 aliphatic rings. The van der Waals surface area contributed by atoms with Gasteiger partial charge in [-0.1, -0.05) is 11.6 Å². The molecule has 0 amide bonds. The van der Waals surface area contributed by atoms with Crippen LogP contribution in [-0.2, 0) is 0 Å². The maximum atomic E-state index is 5.89. The second-order valence-electron chi connectivity index (χ2n) is 4.30. The molecule has 3 N–H and O–H groups in total. The van der Waals surface area contributed by atoms with Crippen LogP contribution in [0, 0.1) is 0 Å². The number of rotatable bonds is 3. The number of halogens is 1. The van der Waals surface area contributed by atoms with Crippen molar-refractivity contribution in [2.45, 2.75) is 0 Å². The van der Waals surface area contributed by atoms with Crippen LogP contribution in [0.5, 0.6) is 0 Å². The molecule has 0 aliphatic heterocycles. The Hall–Kier alpha value is -1.87. The number of benzene rings is 2. The first-order valence-corrected chi connectivity index (χ1v) is 6.03. The minimum absolute atomic E-state index is 0.638. The van der Waals surface area contributed by atoms with E-state index in [-0.39, 0.29) is 0 Å². The van der Waals surface area contributed by atoms with Crippen LogP contribution < -0.4 is 16.0 Å². The van der Waals surface area contributed by atoms with Gasteiger partial charge in [-0.3, -0.25) is 0 Å². The number of hydrogen-bond acceptors (Lipinski definition) is 3. The first kappa shape index (κ1) is 12.6. The minimum Gasteiger partial charge on any atom is -0.397 e. The SMILES string of the molecule is CN(C)c1ccc(Nc2ccc(Cl)cc2N)cc1. The lowest BCUT2D eigenvalue weighted by Crippen LogP contribution is -2.08. The summed E-state index contributed by atoms with van der Waals surface area (Å²) in [5, 5.41) is 3.90. The van der Waals surface area contributed by atoms with Gasteiger partial charge in [0.2, 0.25) is 0 Å². The first-order chi connectivity index (χ1) is 8.56. The lowest BCUT2D eigenvalue weighted by atomic mass is 10.2. The van der Waals surface area contributed by atoms with Crippen LogP contribution in [0.2, 0.25) is 5.02 Å². The lowest BCUT2D eigenvalue weighted by molar-refractivity contribution is 1.13. The Morgan fingerprint density at radius 1 is 1.06 bits per heavy atom. The van der Waals surface area contributed by atoms with Gasteiger partial charge in [-0.05, 0) is 42.5 Å². The van der Waals surface area contributed by atoms with Crippen molar-refractivity contribution < 1.29 is 0 Å². The standard InChI is InChI=1S/C14H16ClN3/c1-18(2)12-6-4-11(5-7-12)17-14-8-3-10(15)9-13(14)16/h3-9,17H,16H2,1-2H3. The molecule has 0 bridgehead atoms. The van der Waals surface area contributed by atoms with E-state index in [2.05, 4.69) is 22.3 Å². The molecule has 0 aromatic heterocycles. The molecule has 0 aliphatic carbocycles. The summed E-state index contributed by atoms with van der Waals surface area (Å²) in [7, 11) is 4.03. The van der Waals surface area contributed by atoms with E-state index < -0.39 is 0 Å². The van der Waals surface area contributed by atoms with Gasteiger partial charge in [0.1, 0.15) is 0 Å². The average molecular weight is 262 g/mol. The van der Waals surface area contributed by atoms with E-state index in [0.717, 1.165) is 17.1 Å². The molecule has 0 heterocycles. The number of nitrogens with one attached hydrogen (secondary N) is 1. The molecule has 0 unspecified atom stereocenters. The third-order valence-corrected chi connectivity index (χ3v) is 2.91. The Morgan fingerprint density at radius 3 is 2.28 bits per heavy atom. The molecule has 0 saturated carbocycles. The highest BCUT2D eigenvalue weighted by molar-refractivity contribution is 6.31. The molecule has 18 heavy (non-hydrogen) atoms. The first-order valence-electron chi connectivity index (χ1n) is 5.66. The summed E-state index contributed by atoms with van der Waals surface area (Å²) in [6, 6.07) is 13.6. The van der Waals surface area contributed by atoms with Gasteiger partial charge in [0.25, 0.3) is 0 Å². The Morgan fingerprint density at radius 2 is 1.72 bits per heavy atom. The van der Waals surface area contributed by atoms with Crippen LogP contribution in [0.3, 0.4) is 0 Å². The topological polar surface area (TPSA) is 41.3 Å². The summed E-state index contributed by atoms with van der Waals surface area (Å²) in [6.07, 6.45) is 0. The molecule has 0 radical (unpaired) electrons. The predicted octanol–water partition coefficient (Wildman–Crippen LogP) is 3.73. The zero-order chi connectivity index (χ0) is 13.1. The molecule has 0 fully saturated rings. The zero-order valence-electron chi connectivity index (χ0n) is 10.4. The Labute approximate surface area is 112 Å². The van der Waals surface area contributed by atoms with Crippen molar-refractivity contribution in [1.82, 2.24) is 0 Å². The third-order valence-electron chi connectivity index (χ3n) is 2.68. The van der Waals surface area contributed by atoms with Gasteiger partial charge < -0.3 is 16.0 Å². The number of hydrogen-bond donors (Lipinski definition) is 2. The van der Waals surface area contributed by atoms with E-state index in [1.54, 1.807) is 6.07 Å². The van der Waals surface area contributed by atoms with Crippen LogP contribution >= 0.6 is 11.6 Å². The molecule has 0 spiro atoms. The second-order valence-corrected chi connectivity index (χ2v) is 4.73. The van der Waals surface area contributed by atoms with Crippen molar-refractivity contribution in [3.63, 3.8) is 0 Å². The second kappa shape index (κ2) is 5.19. The molecule has 2 rings (SSSR count). The van der Waals surface area contributed by atoms with E-state index in [4.69, 9.17) is 17.3 Å². The van der Waals surface area contributed by atoms with Crippen LogP contribution in [0.15, 0.2) is 42.5 Å². The van der Waals surface area contributed by atoms with Gasteiger partial charge in [-0.25, -0.2) is 0 Å². The highest BCUT2D eigenvalue weighted by atomic mass is 35.5. The molecule has 2 aromatic carbocycles. The maximum absolute atomic E-state index is 5.89. The van der Waals surface area contributed by atoms with Crippen molar-refractivity contribution >= 4 is 34.4 Å². The Bertz CT molecular complexity index is 535. The third kappa shape index (κ3) is 2.87. The van der Waals surface area contributed by atoms with E-state index in [1.165, 1.54) is 0 Å². The largest absolute Gasteiger partial charge is 0.397 e. The normalized spacial score (nSPS) is 10.2. The van der Waals surface area contributed by atoms with Crippen molar-refractivity contribution in [3.05, 3.63) is 47.5 Å². The van der Waals surface area contributed by atoms with Gasteiger partial charge in [0, 0.05) is 30.5 Å². The highest BCUT2D eigenvalue weighted by Crippen LogP contribution is 2.26. The fourth-order valence-electron chi connectivity index (χ4n) is 1.65. The van der Waals surface area contributed by atoms with Crippen molar-refractivity contribution in [2.75, 3.05) is 30.0 Å². The smallest absolute Gasteiger partial charge is 0.0618 e. The van der Waals surface area contributed by atoms with Crippen LogP contribution in [0.25, 0.3) is 0 Å². The summed E-state index contributed by atoms with van der Waals surface area (Å²) in [4.78, 5) is 2.06. The number of nitrogens with zero attached hydrogens (tertiary/aromatic N) is 1. The Kier molecular flexibility index (Phi) is 3.63. The van der Waals surface area contributed by atoms with Crippen LogP contribution in [-0.4, -0.2) is 14.1 Å². The number of anilines is 4. The minimum atomic E-state index is 0.638. The van der Waals surface area contributed by atoms with Crippen molar-refractivity contribution in [2.24, 2.45) is 0 Å². The molecule has 2 aromatic rings. The molecular weight excluding hydrogens is 246 g/mol. The predicted molar refractivity (Wildman–Crippen MR) is 79.9 cm³/mol. The maximum Gasteiger partial charge on any atom is 0.0618 e. The van der Waals surface area contributed by atoms with E-state index in [0.29, 0.717) is 10.7 Å². The summed E-state index contributed by atoms with van der Waals surface area (Å²) in [5.41, 5.74) is 9.54. The molecule has 94 valence electrons. The average Bonchev–Trinajstić information content (AvgIpc) is 2.33. The number of nitrogen functional groups attached to an aromatic ring is 1. The van der Waals surface area contributed by atoms with Gasteiger partial charge in [0.15, 0.2) is 0 Å². The summed E-state index contributed by atoms with van der Waals surface area (Å²) in [5.74, 6) is 0. The van der Waals surface area contributed by atoms with Crippen molar-refractivity contribution in [1.29, 1.82) is 0 Å². The molecule has 0 atom stereocenters. The Balaban J connectivity index is 2.18. The summed E-state index contributed by atoms with van der Waals surface area (Å²) < 4.78 is 0. The number of nitrogens with two attached hydrogens (primary N) is 1. The quantitative estimate of drug-likeness (QED) is 0.827. The van der Waals surface area contributed by atoms with E-state index in [9.17, 15) is 0 Å². The highest BCUT2D eigenvalue weighted by Gasteiger charge is 2.01. The fraction of sp³-hybridized carbons (Fsp3) is 0.143. The van der Waals surface area contributed by atoms with Gasteiger partial charge in [0.05, 0.1) is 11.4 Å². The van der Waals surface area contributed by atoms with Crippen LogP contribution in [0.1, 0.15) is 0 Å². The van der Waals surface area contributed by atoms with E-state index in [1.807, 2.05) is 38.4 Å². The zero-order valence-corrected chi connectivity index (χ0v) is 11.2. The molecule has 3 nitrogen and oxygen atoms in total. The summed E-state index contributed by atoms with van der Waals surface area (Å²) in [6.45, 7) is 0. The van der Waals surface area contributed by atoms with Crippen molar-refractivity contribution in [3.8, 4) is 0 Å². The van der Waals surface area contributed by atoms with Gasteiger partial charge in [-0.15, -0.1) is 0 Å². The molecular formula is C14H16ClN3. The fourth-order valence-corrected chi connectivity index (χ4v) is 1.83. The van der Waals surface area contributed by atoms with Crippen LogP contribution in [0.4, 0.5) is 22.7 Å². The van der Waals surface area contributed by atoms with Gasteiger partial charge in [-0.2, -0.15) is 0 Å². The molecule has 0 saturated heterocycles. The van der Waals surface area contributed by atoms with E-state index >= 15 is 0 Å². The summed E-state index contributed by atoms with van der Waals surface area (Å²) >= 11 is 5.86. The van der Waals surface area contributed by atoms with Gasteiger partial charge >= 0.3 is 0 Å². The molecule has 4 heteroatoms. The lowest BCUT2D eigenvalue weighted by Gasteiger charge is -2.14. The monoisotopic (exact) mass is 261 g/mol.